The van der Waals surface area contributed by atoms with E-state index in [0.717, 1.165) is 10.7 Å². The van der Waals surface area contributed by atoms with E-state index in [-0.39, 0.29) is 0 Å². The molecule has 0 bridgehead atoms. The summed E-state index contributed by atoms with van der Waals surface area (Å²) in [4.78, 5) is 8.87. The molecular weight excluding hydrogens is 280 g/mol. The number of hydrogen-bond acceptors (Lipinski definition) is 7. The van der Waals surface area contributed by atoms with Gasteiger partial charge in [0.25, 0.3) is 0 Å². The number of nitrogens with zero attached hydrogens (tertiary/aromatic N) is 1. The van der Waals surface area contributed by atoms with Crippen molar-refractivity contribution in [3.63, 3.8) is 0 Å². The first-order chi connectivity index (χ1) is 9.78. The zero-order valence-electron chi connectivity index (χ0n) is 11.3. The number of nitrogens with two attached hydrogens (primary N) is 1. The molecule has 0 aliphatic heterocycles. The number of para-hydroxylation sites is 1. The number of thiazole rings is 1. The van der Waals surface area contributed by atoms with Crippen LogP contribution in [0.1, 0.15) is 10.7 Å². The van der Waals surface area contributed by atoms with Crippen LogP contribution in [0.4, 0.5) is 0 Å². The minimum atomic E-state index is 0.291. The SMILES string of the molecule is COc1cccc(OCc2nc(CON)cs2)c1OC. The smallest absolute Gasteiger partial charge is 0.203 e. The lowest BCUT2D eigenvalue weighted by molar-refractivity contribution is 0.121. The number of hydrogen-bond donors (Lipinski definition) is 1. The maximum Gasteiger partial charge on any atom is 0.203 e. The molecule has 0 unspecified atom stereocenters. The number of methoxy groups -OCH3 is 2. The van der Waals surface area contributed by atoms with Gasteiger partial charge in [0.2, 0.25) is 5.75 Å². The Morgan fingerprint density at radius 1 is 1.15 bits per heavy atom. The summed E-state index contributed by atoms with van der Waals surface area (Å²) < 4.78 is 16.2. The molecule has 1 heterocycles. The van der Waals surface area contributed by atoms with Crippen LogP contribution in [0, 0.1) is 0 Å². The average molecular weight is 296 g/mol. The van der Waals surface area contributed by atoms with Crippen LogP contribution in [0.2, 0.25) is 0 Å². The summed E-state index contributed by atoms with van der Waals surface area (Å²) in [6.07, 6.45) is 0. The molecule has 2 aromatic rings. The van der Waals surface area contributed by atoms with Crippen LogP contribution in [0.25, 0.3) is 0 Å². The van der Waals surface area contributed by atoms with E-state index in [1.165, 1.54) is 11.3 Å². The molecule has 0 fully saturated rings. The van der Waals surface area contributed by atoms with E-state index < -0.39 is 0 Å². The molecule has 7 heteroatoms. The summed E-state index contributed by atoms with van der Waals surface area (Å²) in [6, 6.07) is 5.47. The van der Waals surface area contributed by atoms with E-state index in [1.54, 1.807) is 14.2 Å². The van der Waals surface area contributed by atoms with Gasteiger partial charge in [0.15, 0.2) is 11.5 Å². The summed E-state index contributed by atoms with van der Waals surface area (Å²) >= 11 is 1.49. The second kappa shape index (κ2) is 7.09. The molecule has 6 nitrogen and oxygen atoms in total. The monoisotopic (exact) mass is 296 g/mol. The fourth-order valence-electron chi connectivity index (χ4n) is 1.68. The van der Waals surface area contributed by atoms with Gasteiger partial charge in [-0.1, -0.05) is 6.07 Å². The molecule has 0 amide bonds. The van der Waals surface area contributed by atoms with Gasteiger partial charge in [-0.2, -0.15) is 0 Å². The van der Waals surface area contributed by atoms with Crippen molar-refractivity contribution in [1.82, 2.24) is 4.98 Å². The summed E-state index contributed by atoms with van der Waals surface area (Å²) in [5.74, 6) is 6.81. The van der Waals surface area contributed by atoms with Crippen molar-refractivity contribution in [2.75, 3.05) is 14.2 Å². The Balaban J connectivity index is 2.06. The van der Waals surface area contributed by atoms with Gasteiger partial charge in [0.1, 0.15) is 18.2 Å². The molecule has 0 aliphatic rings. The maximum absolute atomic E-state index is 5.72. The van der Waals surface area contributed by atoms with E-state index in [0.29, 0.717) is 30.5 Å². The fourth-order valence-corrected chi connectivity index (χ4v) is 2.37. The molecule has 20 heavy (non-hydrogen) atoms. The van der Waals surface area contributed by atoms with Crippen LogP contribution in [0.5, 0.6) is 17.2 Å². The largest absolute Gasteiger partial charge is 0.493 e. The fraction of sp³-hybridized carbons (Fsp3) is 0.308. The first-order valence-electron chi connectivity index (χ1n) is 5.87. The van der Waals surface area contributed by atoms with Gasteiger partial charge in [-0.05, 0) is 12.1 Å². The maximum atomic E-state index is 5.72. The lowest BCUT2D eigenvalue weighted by Crippen LogP contribution is -2.01. The minimum absolute atomic E-state index is 0.291. The first kappa shape index (κ1) is 14.6. The van der Waals surface area contributed by atoms with Crippen molar-refractivity contribution in [3.8, 4) is 17.2 Å². The van der Waals surface area contributed by atoms with Crippen molar-refractivity contribution in [2.24, 2.45) is 5.90 Å². The third kappa shape index (κ3) is 3.38. The molecule has 0 radical (unpaired) electrons. The van der Waals surface area contributed by atoms with Crippen molar-refractivity contribution >= 4 is 11.3 Å². The number of aromatic nitrogens is 1. The van der Waals surface area contributed by atoms with E-state index in [9.17, 15) is 0 Å². The lowest BCUT2D eigenvalue weighted by Gasteiger charge is -2.12. The van der Waals surface area contributed by atoms with Gasteiger partial charge in [0.05, 0.1) is 19.9 Å². The molecule has 0 saturated heterocycles. The van der Waals surface area contributed by atoms with Crippen LogP contribution in [0.3, 0.4) is 0 Å². The van der Waals surface area contributed by atoms with Crippen molar-refractivity contribution in [2.45, 2.75) is 13.2 Å². The van der Waals surface area contributed by atoms with Gasteiger partial charge in [-0.15, -0.1) is 11.3 Å². The number of rotatable bonds is 7. The lowest BCUT2D eigenvalue weighted by atomic mass is 10.3. The van der Waals surface area contributed by atoms with Gasteiger partial charge < -0.3 is 14.2 Å². The van der Waals surface area contributed by atoms with E-state index in [2.05, 4.69) is 9.82 Å². The second-order valence-electron chi connectivity index (χ2n) is 3.82. The summed E-state index contributed by atoms with van der Waals surface area (Å²) in [5.41, 5.74) is 0.786. The Kier molecular flexibility index (Phi) is 5.16. The molecule has 1 aromatic heterocycles. The Morgan fingerprint density at radius 2 is 1.95 bits per heavy atom. The number of ether oxygens (including phenoxy) is 3. The predicted octanol–water partition coefficient (Wildman–Crippen LogP) is 2.13. The first-order valence-corrected chi connectivity index (χ1v) is 6.75. The highest BCUT2D eigenvalue weighted by Gasteiger charge is 2.11. The Labute approximate surface area is 121 Å². The van der Waals surface area contributed by atoms with Crippen LogP contribution < -0.4 is 20.1 Å². The Bertz CT molecular complexity index is 559. The summed E-state index contributed by atoms with van der Waals surface area (Å²) in [6.45, 7) is 0.637. The zero-order valence-corrected chi connectivity index (χ0v) is 12.1. The Morgan fingerprint density at radius 3 is 2.65 bits per heavy atom. The van der Waals surface area contributed by atoms with E-state index in [4.69, 9.17) is 20.1 Å². The third-order valence-corrected chi connectivity index (χ3v) is 3.42. The van der Waals surface area contributed by atoms with E-state index >= 15 is 0 Å². The molecule has 1 aromatic carbocycles. The number of benzene rings is 1. The summed E-state index contributed by atoms with van der Waals surface area (Å²) in [7, 11) is 3.16. The van der Waals surface area contributed by atoms with Crippen LogP contribution in [-0.4, -0.2) is 19.2 Å². The average Bonchev–Trinajstić information content (AvgIpc) is 2.92. The third-order valence-electron chi connectivity index (χ3n) is 2.55. The highest BCUT2D eigenvalue weighted by Crippen LogP contribution is 2.37. The quantitative estimate of drug-likeness (QED) is 0.789. The van der Waals surface area contributed by atoms with Gasteiger partial charge in [-0.3, -0.25) is 4.84 Å². The highest BCUT2D eigenvalue weighted by molar-refractivity contribution is 7.09. The molecule has 2 rings (SSSR count). The van der Waals surface area contributed by atoms with Gasteiger partial charge >= 0.3 is 0 Å². The Hall–Kier alpha value is -1.83. The standard InChI is InChI=1S/C13H16N2O4S/c1-16-10-4-3-5-11(13(10)17-2)18-7-12-15-9(6-19-14)8-20-12/h3-5,8H,6-7,14H2,1-2H3. The molecule has 2 N–H and O–H groups in total. The molecule has 0 atom stereocenters. The van der Waals surface area contributed by atoms with Crippen molar-refractivity contribution < 1.29 is 19.0 Å². The molecule has 0 aliphatic carbocycles. The van der Waals surface area contributed by atoms with Gasteiger partial charge in [-0.25, -0.2) is 10.9 Å². The molecule has 0 spiro atoms. The van der Waals surface area contributed by atoms with Crippen LogP contribution >= 0.6 is 11.3 Å². The second-order valence-corrected chi connectivity index (χ2v) is 4.77. The van der Waals surface area contributed by atoms with Gasteiger partial charge in [0, 0.05) is 5.38 Å². The predicted molar refractivity (Wildman–Crippen MR) is 75.0 cm³/mol. The molecule has 0 saturated carbocycles. The molecule has 108 valence electrons. The van der Waals surface area contributed by atoms with Crippen LogP contribution in [-0.2, 0) is 18.1 Å². The summed E-state index contributed by atoms with van der Waals surface area (Å²) in [5, 5.41) is 2.72. The topological polar surface area (TPSA) is 75.8 Å². The minimum Gasteiger partial charge on any atom is -0.493 e. The molecular formula is C13H16N2O4S. The highest BCUT2D eigenvalue weighted by atomic mass is 32.1. The normalized spacial score (nSPS) is 10.3. The van der Waals surface area contributed by atoms with Crippen LogP contribution in [0.15, 0.2) is 23.6 Å². The zero-order chi connectivity index (χ0) is 14.4. The van der Waals surface area contributed by atoms with Crippen molar-refractivity contribution in [1.29, 1.82) is 0 Å². The van der Waals surface area contributed by atoms with E-state index in [1.807, 2.05) is 23.6 Å². The van der Waals surface area contributed by atoms with Crippen molar-refractivity contribution in [3.05, 3.63) is 34.3 Å².